The molecule has 2 atom stereocenters. The first-order chi connectivity index (χ1) is 10.2. The van der Waals surface area contributed by atoms with Crippen molar-refractivity contribution in [3.63, 3.8) is 0 Å². The molecule has 1 amide bonds. The molecule has 7 heteroatoms. The fourth-order valence-corrected chi connectivity index (χ4v) is 2.41. The topological polar surface area (TPSA) is 69.6 Å². The van der Waals surface area contributed by atoms with E-state index in [4.69, 9.17) is 0 Å². The molecular weight excluding hydrogens is 294 g/mol. The summed E-state index contributed by atoms with van der Waals surface area (Å²) < 4.78 is 28.5. The molecule has 5 nitrogen and oxygen atoms in total. The van der Waals surface area contributed by atoms with E-state index in [1.165, 1.54) is 0 Å². The van der Waals surface area contributed by atoms with E-state index in [1.807, 2.05) is 0 Å². The molecule has 1 aliphatic carbocycles. The second kappa shape index (κ2) is 5.73. The number of hydrogen-bond acceptors (Lipinski definition) is 4. The molecule has 0 aromatic heterocycles. The van der Waals surface area contributed by atoms with Gasteiger partial charge in [-0.2, -0.15) is 0 Å². The number of amides is 1. The van der Waals surface area contributed by atoms with Gasteiger partial charge in [0.1, 0.15) is 11.4 Å². The van der Waals surface area contributed by atoms with Gasteiger partial charge in [0, 0.05) is 18.9 Å². The van der Waals surface area contributed by atoms with Gasteiger partial charge in [0.2, 0.25) is 5.91 Å². The lowest BCUT2D eigenvalue weighted by molar-refractivity contribution is -0.123. The van der Waals surface area contributed by atoms with E-state index in [0.717, 1.165) is 6.07 Å². The molecule has 0 spiro atoms. The normalized spacial score (nSPS) is 21.6. The molecule has 2 N–H and O–H groups in total. The quantitative estimate of drug-likeness (QED) is 0.810. The third kappa shape index (κ3) is 2.86. The highest BCUT2D eigenvalue weighted by Gasteiger charge is 2.39. The summed E-state index contributed by atoms with van der Waals surface area (Å²) >= 11 is 0. The van der Waals surface area contributed by atoms with Crippen molar-refractivity contribution in [2.45, 2.75) is 31.4 Å². The molecule has 22 heavy (non-hydrogen) atoms. The Bertz CT molecular complexity index is 634. The number of carbonyl (C=O) groups is 2. The van der Waals surface area contributed by atoms with Crippen molar-refractivity contribution in [2.24, 2.45) is 0 Å². The molecule has 0 fully saturated rings. The molecule has 120 valence electrons. The molecule has 0 bridgehead atoms. The van der Waals surface area contributed by atoms with E-state index < -0.39 is 29.2 Å². The van der Waals surface area contributed by atoms with E-state index in [1.54, 1.807) is 25.9 Å². The third-order valence-corrected chi connectivity index (χ3v) is 4.02. The number of rotatable bonds is 4. The Labute approximate surface area is 126 Å². The number of aldehydes is 1. The SMILES string of the molecule is C[C@H](C(=O)Nc1cc(F)c2c(c1F)CC(O)(C=O)C2)N(C)C. The Balaban J connectivity index is 2.34. The summed E-state index contributed by atoms with van der Waals surface area (Å²) in [4.78, 5) is 24.5. The zero-order valence-corrected chi connectivity index (χ0v) is 12.6. The van der Waals surface area contributed by atoms with Gasteiger partial charge < -0.3 is 15.2 Å². The van der Waals surface area contributed by atoms with Crippen LogP contribution in [0.25, 0.3) is 0 Å². The number of fused-ring (bicyclic) bond motifs is 1. The maximum Gasteiger partial charge on any atom is 0.241 e. The van der Waals surface area contributed by atoms with Crippen molar-refractivity contribution in [2.75, 3.05) is 19.4 Å². The number of aliphatic hydroxyl groups is 1. The molecular formula is C15H18F2N2O3. The fraction of sp³-hybridized carbons (Fsp3) is 0.467. The number of carbonyl (C=O) groups excluding carboxylic acids is 2. The molecule has 0 heterocycles. The van der Waals surface area contributed by atoms with Crippen LogP contribution in [-0.2, 0) is 22.4 Å². The zero-order chi connectivity index (χ0) is 16.7. The van der Waals surface area contributed by atoms with Gasteiger partial charge in [-0.15, -0.1) is 0 Å². The summed E-state index contributed by atoms with van der Waals surface area (Å²) in [6.45, 7) is 1.63. The van der Waals surface area contributed by atoms with Crippen LogP contribution in [0.3, 0.4) is 0 Å². The number of hydrogen-bond donors (Lipinski definition) is 2. The van der Waals surface area contributed by atoms with Crippen molar-refractivity contribution in [1.82, 2.24) is 4.90 Å². The van der Waals surface area contributed by atoms with Gasteiger partial charge in [0.25, 0.3) is 0 Å². The minimum absolute atomic E-state index is 0.0224. The zero-order valence-electron chi connectivity index (χ0n) is 12.6. The second-order valence-electron chi connectivity index (χ2n) is 5.88. The Hall–Kier alpha value is -1.86. The maximum atomic E-state index is 14.4. The first kappa shape index (κ1) is 16.5. The number of nitrogens with zero attached hydrogens (tertiary/aromatic N) is 1. The average molecular weight is 312 g/mol. The van der Waals surface area contributed by atoms with Crippen LogP contribution in [-0.4, -0.2) is 47.9 Å². The van der Waals surface area contributed by atoms with Crippen LogP contribution in [0.4, 0.5) is 14.5 Å². The first-order valence-corrected chi connectivity index (χ1v) is 6.84. The van der Waals surface area contributed by atoms with Gasteiger partial charge >= 0.3 is 0 Å². The molecule has 1 unspecified atom stereocenters. The van der Waals surface area contributed by atoms with Gasteiger partial charge in [-0.25, -0.2) is 8.78 Å². The van der Waals surface area contributed by atoms with E-state index in [0.29, 0.717) is 0 Å². The summed E-state index contributed by atoms with van der Waals surface area (Å²) in [7, 11) is 3.38. The van der Waals surface area contributed by atoms with Gasteiger partial charge in [-0.05, 0) is 32.1 Å². The highest BCUT2D eigenvalue weighted by atomic mass is 19.1. The smallest absolute Gasteiger partial charge is 0.241 e. The molecule has 0 radical (unpaired) electrons. The summed E-state index contributed by atoms with van der Waals surface area (Å²) in [6, 6.07) is 0.355. The molecule has 0 saturated carbocycles. The summed E-state index contributed by atoms with van der Waals surface area (Å²) in [5.74, 6) is -2.04. The van der Waals surface area contributed by atoms with Gasteiger partial charge in [-0.3, -0.25) is 9.69 Å². The van der Waals surface area contributed by atoms with Crippen molar-refractivity contribution in [3.8, 4) is 0 Å². The average Bonchev–Trinajstić information content (AvgIpc) is 2.83. The van der Waals surface area contributed by atoms with E-state index in [-0.39, 0.29) is 35.9 Å². The maximum absolute atomic E-state index is 14.4. The van der Waals surface area contributed by atoms with Crippen LogP contribution in [0.1, 0.15) is 18.1 Å². The number of halogens is 2. The lowest BCUT2D eigenvalue weighted by Gasteiger charge is -2.19. The Kier molecular flexibility index (Phi) is 4.30. The van der Waals surface area contributed by atoms with Crippen molar-refractivity contribution < 1.29 is 23.5 Å². The number of nitrogens with one attached hydrogen (secondary N) is 1. The number of anilines is 1. The first-order valence-electron chi connectivity index (χ1n) is 6.84. The van der Waals surface area contributed by atoms with Crippen LogP contribution in [0.5, 0.6) is 0 Å². The molecule has 2 rings (SSSR count). The van der Waals surface area contributed by atoms with Crippen molar-refractivity contribution >= 4 is 17.9 Å². The number of benzene rings is 1. The molecule has 1 aliphatic rings. The second-order valence-corrected chi connectivity index (χ2v) is 5.88. The monoisotopic (exact) mass is 312 g/mol. The summed E-state index contributed by atoms with van der Waals surface area (Å²) in [5.41, 5.74) is -2.16. The molecule has 1 aromatic rings. The van der Waals surface area contributed by atoms with E-state index in [9.17, 15) is 23.5 Å². The highest BCUT2D eigenvalue weighted by molar-refractivity contribution is 5.94. The molecule has 0 saturated heterocycles. The minimum Gasteiger partial charge on any atom is -0.382 e. The van der Waals surface area contributed by atoms with Gasteiger partial charge in [0.15, 0.2) is 12.1 Å². The Morgan fingerprint density at radius 1 is 1.41 bits per heavy atom. The minimum atomic E-state index is -1.79. The van der Waals surface area contributed by atoms with Crippen LogP contribution in [0.2, 0.25) is 0 Å². The lowest BCUT2D eigenvalue weighted by atomic mass is 10.0. The summed E-state index contributed by atoms with van der Waals surface area (Å²) in [6.07, 6.45) is -0.281. The lowest BCUT2D eigenvalue weighted by Crippen LogP contribution is -2.37. The fourth-order valence-electron chi connectivity index (χ4n) is 2.41. The van der Waals surface area contributed by atoms with Crippen LogP contribution in [0, 0.1) is 11.6 Å². The van der Waals surface area contributed by atoms with Crippen molar-refractivity contribution in [1.29, 1.82) is 0 Å². The highest BCUT2D eigenvalue weighted by Crippen LogP contribution is 2.36. The largest absolute Gasteiger partial charge is 0.382 e. The molecule has 1 aromatic carbocycles. The van der Waals surface area contributed by atoms with E-state index >= 15 is 0 Å². The van der Waals surface area contributed by atoms with Crippen LogP contribution in [0.15, 0.2) is 6.07 Å². The number of likely N-dealkylation sites (N-methyl/N-ethyl adjacent to an activating group) is 1. The van der Waals surface area contributed by atoms with E-state index in [2.05, 4.69) is 5.32 Å². The van der Waals surface area contributed by atoms with Crippen molar-refractivity contribution in [3.05, 3.63) is 28.8 Å². The van der Waals surface area contributed by atoms with Crippen LogP contribution >= 0.6 is 0 Å². The van der Waals surface area contributed by atoms with Gasteiger partial charge in [0.05, 0.1) is 11.7 Å². The predicted octanol–water partition coefficient (Wildman–Crippen LogP) is 0.882. The molecule has 0 aliphatic heterocycles. The Morgan fingerprint density at radius 2 is 2.00 bits per heavy atom. The Morgan fingerprint density at radius 3 is 2.55 bits per heavy atom. The standard InChI is InChI=1S/C15H18F2N2O3/c1-8(19(2)3)14(21)18-12-4-11(16)9-5-15(22,7-20)6-10(9)13(12)17/h4,7-8,22H,5-6H2,1-3H3,(H,18,21)/t8-,15?/m1/s1. The van der Waals surface area contributed by atoms with Crippen LogP contribution < -0.4 is 5.32 Å². The third-order valence-electron chi connectivity index (χ3n) is 4.02. The summed E-state index contributed by atoms with van der Waals surface area (Å²) in [5, 5.41) is 12.3. The predicted molar refractivity (Wildman–Crippen MR) is 76.6 cm³/mol. The van der Waals surface area contributed by atoms with Gasteiger partial charge in [-0.1, -0.05) is 0 Å².